The zero-order chi connectivity index (χ0) is 22.3. The van der Waals surface area contributed by atoms with Crippen molar-refractivity contribution in [1.82, 2.24) is 10.0 Å². The van der Waals surface area contributed by atoms with E-state index in [0.717, 1.165) is 26.8 Å². The highest BCUT2D eigenvalue weighted by atomic mass is 35.5. The molecule has 0 heterocycles. The van der Waals surface area contributed by atoms with Gasteiger partial charge in [0.2, 0.25) is 10.0 Å². The smallest absolute Gasteiger partial charge is 0.251 e. The Labute approximate surface area is 192 Å². The standard InChI is InChI=1S/C23H23ClN2O3S2/c1-25-31(28,29)16-19-4-2-17(3-5-19)14-26-23(27)20-8-6-18(7-9-20)15-30-22-12-10-21(24)11-13-22/h2-13,25H,14-16H2,1H3,(H,26,27). The molecule has 0 bridgehead atoms. The van der Waals surface area contributed by atoms with Crippen molar-refractivity contribution in [3.8, 4) is 0 Å². The van der Waals surface area contributed by atoms with Crippen molar-refractivity contribution >= 4 is 39.3 Å². The summed E-state index contributed by atoms with van der Waals surface area (Å²) >= 11 is 7.61. The highest BCUT2D eigenvalue weighted by molar-refractivity contribution is 7.98. The van der Waals surface area contributed by atoms with Crippen molar-refractivity contribution in [2.45, 2.75) is 22.9 Å². The van der Waals surface area contributed by atoms with E-state index >= 15 is 0 Å². The zero-order valence-electron chi connectivity index (χ0n) is 17.0. The predicted molar refractivity (Wildman–Crippen MR) is 127 cm³/mol. The van der Waals surface area contributed by atoms with Crippen molar-refractivity contribution < 1.29 is 13.2 Å². The largest absolute Gasteiger partial charge is 0.348 e. The molecule has 1 amide bonds. The van der Waals surface area contributed by atoms with Crippen LogP contribution in [-0.2, 0) is 28.1 Å². The van der Waals surface area contributed by atoms with Gasteiger partial charge in [0, 0.05) is 27.8 Å². The fourth-order valence-electron chi connectivity index (χ4n) is 2.78. The molecule has 31 heavy (non-hydrogen) atoms. The topological polar surface area (TPSA) is 75.3 Å². The first-order valence-electron chi connectivity index (χ1n) is 9.59. The first-order chi connectivity index (χ1) is 14.8. The number of benzene rings is 3. The van der Waals surface area contributed by atoms with Crippen LogP contribution in [0.15, 0.2) is 77.7 Å². The van der Waals surface area contributed by atoms with E-state index in [-0.39, 0.29) is 11.7 Å². The van der Waals surface area contributed by atoms with Gasteiger partial charge in [-0.1, -0.05) is 48.0 Å². The molecule has 5 nitrogen and oxygen atoms in total. The van der Waals surface area contributed by atoms with Gasteiger partial charge in [-0.15, -0.1) is 11.8 Å². The average molecular weight is 475 g/mol. The molecule has 0 aliphatic rings. The summed E-state index contributed by atoms with van der Waals surface area (Å²) in [6.45, 7) is 0.367. The molecule has 0 saturated heterocycles. The van der Waals surface area contributed by atoms with Gasteiger partial charge in [-0.25, -0.2) is 13.1 Å². The van der Waals surface area contributed by atoms with Crippen LogP contribution in [0.4, 0.5) is 0 Å². The molecule has 0 radical (unpaired) electrons. The molecule has 0 spiro atoms. The van der Waals surface area contributed by atoms with Gasteiger partial charge in [0.05, 0.1) is 5.75 Å². The van der Waals surface area contributed by atoms with Crippen molar-refractivity contribution in [1.29, 1.82) is 0 Å². The molecule has 162 valence electrons. The Bertz CT molecular complexity index is 1110. The van der Waals surface area contributed by atoms with Crippen molar-refractivity contribution in [3.05, 3.63) is 100 Å². The number of amides is 1. The van der Waals surface area contributed by atoms with Crippen LogP contribution in [-0.4, -0.2) is 21.4 Å². The maximum Gasteiger partial charge on any atom is 0.251 e. The van der Waals surface area contributed by atoms with Gasteiger partial charge >= 0.3 is 0 Å². The third kappa shape index (κ3) is 7.40. The van der Waals surface area contributed by atoms with Crippen LogP contribution in [0.2, 0.25) is 5.02 Å². The number of sulfonamides is 1. The Morgan fingerprint density at radius 2 is 1.45 bits per heavy atom. The van der Waals surface area contributed by atoms with E-state index < -0.39 is 10.0 Å². The van der Waals surface area contributed by atoms with Gasteiger partial charge in [-0.2, -0.15) is 0 Å². The van der Waals surface area contributed by atoms with E-state index in [9.17, 15) is 13.2 Å². The minimum atomic E-state index is -3.30. The molecule has 3 rings (SSSR count). The molecule has 8 heteroatoms. The highest BCUT2D eigenvalue weighted by Crippen LogP contribution is 2.24. The number of halogens is 1. The average Bonchev–Trinajstić information content (AvgIpc) is 2.78. The number of hydrogen-bond donors (Lipinski definition) is 2. The van der Waals surface area contributed by atoms with E-state index in [1.54, 1.807) is 23.9 Å². The predicted octanol–water partition coefficient (Wildman–Crippen LogP) is 4.61. The quantitative estimate of drug-likeness (QED) is 0.444. The van der Waals surface area contributed by atoms with Gasteiger partial charge < -0.3 is 5.32 Å². The zero-order valence-corrected chi connectivity index (χ0v) is 19.4. The molecule has 3 aromatic rings. The van der Waals surface area contributed by atoms with Crippen LogP contribution in [0, 0.1) is 0 Å². The third-order valence-electron chi connectivity index (χ3n) is 4.58. The second-order valence-corrected chi connectivity index (χ2v) is 10.3. The minimum Gasteiger partial charge on any atom is -0.348 e. The fourth-order valence-corrected chi connectivity index (χ4v) is 4.54. The van der Waals surface area contributed by atoms with E-state index in [1.807, 2.05) is 60.7 Å². The second kappa shape index (κ2) is 10.8. The van der Waals surface area contributed by atoms with Crippen molar-refractivity contribution in [3.63, 3.8) is 0 Å². The van der Waals surface area contributed by atoms with Crippen molar-refractivity contribution in [2.75, 3.05) is 7.05 Å². The van der Waals surface area contributed by atoms with Crippen LogP contribution >= 0.6 is 23.4 Å². The minimum absolute atomic E-state index is 0.0706. The molecule has 3 aromatic carbocycles. The van der Waals surface area contributed by atoms with Gasteiger partial charge in [0.25, 0.3) is 5.91 Å². The summed E-state index contributed by atoms with van der Waals surface area (Å²) in [4.78, 5) is 13.6. The summed E-state index contributed by atoms with van der Waals surface area (Å²) in [5.74, 6) is 0.580. The van der Waals surface area contributed by atoms with Crippen LogP contribution in [0.5, 0.6) is 0 Å². The molecule has 0 atom stereocenters. The summed E-state index contributed by atoms with van der Waals surface area (Å²) in [5, 5.41) is 3.61. The van der Waals surface area contributed by atoms with E-state index in [2.05, 4.69) is 10.0 Å². The summed E-state index contributed by atoms with van der Waals surface area (Å²) in [5.41, 5.74) is 3.31. The van der Waals surface area contributed by atoms with Crippen LogP contribution in [0.1, 0.15) is 27.0 Å². The summed E-state index contributed by atoms with van der Waals surface area (Å²) in [6.07, 6.45) is 0. The summed E-state index contributed by atoms with van der Waals surface area (Å²) in [7, 11) is -1.91. The maximum atomic E-state index is 12.4. The lowest BCUT2D eigenvalue weighted by molar-refractivity contribution is 0.0951. The Balaban J connectivity index is 1.49. The summed E-state index contributed by atoms with van der Waals surface area (Å²) < 4.78 is 25.5. The summed E-state index contributed by atoms with van der Waals surface area (Å²) in [6, 6.07) is 22.4. The Kier molecular flexibility index (Phi) is 8.15. The number of nitrogens with one attached hydrogen (secondary N) is 2. The number of carbonyl (C=O) groups excluding carboxylic acids is 1. The molecular weight excluding hydrogens is 452 g/mol. The second-order valence-electron chi connectivity index (χ2n) is 6.90. The number of carbonyl (C=O) groups is 1. The third-order valence-corrected chi connectivity index (χ3v) is 7.25. The first-order valence-corrected chi connectivity index (χ1v) is 12.6. The monoisotopic (exact) mass is 474 g/mol. The molecule has 0 aliphatic carbocycles. The van der Waals surface area contributed by atoms with E-state index in [0.29, 0.717) is 17.7 Å². The molecule has 0 aliphatic heterocycles. The first kappa shape index (κ1) is 23.3. The van der Waals surface area contributed by atoms with Crippen LogP contribution < -0.4 is 10.0 Å². The van der Waals surface area contributed by atoms with Gasteiger partial charge in [0.1, 0.15) is 0 Å². The van der Waals surface area contributed by atoms with Crippen LogP contribution in [0.3, 0.4) is 0 Å². The molecule has 2 N–H and O–H groups in total. The number of hydrogen-bond acceptors (Lipinski definition) is 4. The molecule has 0 fully saturated rings. The lowest BCUT2D eigenvalue weighted by Gasteiger charge is -2.08. The normalized spacial score (nSPS) is 11.3. The Morgan fingerprint density at radius 3 is 2.06 bits per heavy atom. The van der Waals surface area contributed by atoms with Crippen molar-refractivity contribution in [2.24, 2.45) is 0 Å². The molecule has 0 saturated carbocycles. The SMILES string of the molecule is CNS(=O)(=O)Cc1ccc(CNC(=O)c2ccc(CSc3ccc(Cl)cc3)cc2)cc1. The van der Waals surface area contributed by atoms with Gasteiger partial charge in [-0.3, -0.25) is 4.79 Å². The molecule has 0 unspecified atom stereocenters. The molecule has 0 aromatic heterocycles. The number of rotatable bonds is 9. The Hall–Kier alpha value is -2.32. The van der Waals surface area contributed by atoms with Gasteiger partial charge in [-0.05, 0) is 60.1 Å². The lowest BCUT2D eigenvalue weighted by atomic mass is 10.1. The van der Waals surface area contributed by atoms with E-state index in [1.165, 1.54) is 7.05 Å². The van der Waals surface area contributed by atoms with Gasteiger partial charge in [0.15, 0.2) is 0 Å². The molecular formula is C23H23ClN2O3S2. The highest BCUT2D eigenvalue weighted by Gasteiger charge is 2.09. The maximum absolute atomic E-state index is 12.4. The number of thioether (sulfide) groups is 1. The van der Waals surface area contributed by atoms with E-state index in [4.69, 9.17) is 11.6 Å². The lowest BCUT2D eigenvalue weighted by Crippen LogP contribution is -2.23. The van der Waals surface area contributed by atoms with Crippen LogP contribution in [0.25, 0.3) is 0 Å². The fraction of sp³-hybridized carbons (Fsp3) is 0.174. The Morgan fingerprint density at radius 1 is 0.871 bits per heavy atom.